The van der Waals surface area contributed by atoms with Crippen LogP contribution in [0.5, 0.6) is 0 Å². The number of nitro benzene ring substituents is 1. The lowest BCUT2D eigenvalue weighted by atomic mass is 9.90. The third kappa shape index (κ3) is 4.21. The van der Waals surface area contributed by atoms with Crippen LogP contribution in [0.4, 0.5) is 11.4 Å². The molecule has 1 unspecified atom stereocenters. The maximum Gasteiger partial charge on any atom is 0.292 e. The average Bonchev–Trinajstić information content (AvgIpc) is 2.30. The Morgan fingerprint density at radius 2 is 2.11 bits per heavy atom. The Bertz CT molecular complexity index is 460. The van der Waals surface area contributed by atoms with Crippen LogP contribution in [0.3, 0.4) is 0 Å². The zero-order valence-corrected chi connectivity index (χ0v) is 12.1. The lowest BCUT2D eigenvalue weighted by Crippen LogP contribution is -2.43. The molecule has 0 aliphatic heterocycles. The number of aryl methyl sites for hydroxylation is 1. The molecule has 5 heteroatoms. The van der Waals surface area contributed by atoms with Crippen LogP contribution < -0.4 is 11.1 Å². The van der Waals surface area contributed by atoms with Gasteiger partial charge in [0.05, 0.1) is 4.92 Å². The van der Waals surface area contributed by atoms with Crippen molar-refractivity contribution in [1.82, 2.24) is 0 Å². The van der Waals surface area contributed by atoms with E-state index >= 15 is 0 Å². The van der Waals surface area contributed by atoms with Crippen LogP contribution >= 0.6 is 0 Å². The van der Waals surface area contributed by atoms with Gasteiger partial charge in [0, 0.05) is 18.2 Å². The maximum absolute atomic E-state index is 11.1. The summed E-state index contributed by atoms with van der Waals surface area (Å²) in [6.45, 7) is 8.48. The summed E-state index contributed by atoms with van der Waals surface area (Å²) in [6, 6.07) is 5.19. The molecule has 0 saturated heterocycles. The summed E-state index contributed by atoms with van der Waals surface area (Å²) in [6.07, 6.45) is 0.856. The van der Waals surface area contributed by atoms with Gasteiger partial charge in [0.1, 0.15) is 5.69 Å². The second-order valence-electron chi connectivity index (χ2n) is 5.77. The molecule has 0 saturated carbocycles. The molecule has 0 aliphatic rings. The predicted octanol–water partition coefficient (Wildman–Crippen LogP) is 3.08. The average molecular weight is 265 g/mol. The number of hydrogen-bond acceptors (Lipinski definition) is 4. The Morgan fingerprint density at radius 1 is 1.47 bits per heavy atom. The number of rotatable bonds is 6. The van der Waals surface area contributed by atoms with Gasteiger partial charge >= 0.3 is 0 Å². The van der Waals surface area contributed by atoms with E-state index in [1.807, 2.05) is 19.9 Å². The molecule has 1 aromatic rings. The highest BCUT2D eigenvalue weighted by Gasteiger charge is 2.26. The molecule has 5 nitrogen and oxygen atoms in total. The molecule has 0 radical (unpaired) electrons. The fourth-order valence-electron chi connectivity index (χ4n) is 2.31. The second kappa shape index (κ2) is 6.02. The van der Waals surface area contributed by atoms with Gasteiger partial charge in [0.2, 0.25) is 0 Å². The largest absolute Gasteiger partial charge is 0.373 e. The van der Waals surface area contributed by atoms with E-state index < -0.39 is 0 Å². The summed E-state index contributed by atoms with van der Waals surface area (Å²) >= 11 is 0. The van der Waals surface area contributed by atoms with E-state index in [1.165, 1.54) is 0 Å². The van der Waals surface area contributed by atoms with Crippen molar-refractivity contribution in [2.45, 2.75) is 39.7 Å². The highest BCUT2D eigenvalue weighted by Crippen LogP contribution is 2.30. The van der Waals surface area contributed by atoms with Gasteiger partial charge in [-0.25, -0.2) is 0 Å². The van der Waals surface area contributed by atoms with Crippen LogP contribution in [0.15, 0.2) is 18.2 Å². The fourth-order valence-corrected chi connectivity index (χ4v) is 2.31. The second-order valence-corrected chi connectivity index (χ2v) is 5.77. The first-order valence-electron chi connectivity index (χ1n) is 6.51. The van der Waals surface area contributed by atoms with Crippen LogP contribution in [-0.4, -0.2) is 17.0 Å². The van der Waals surface area contributed by atoms with Gasteiger partial charge in [-0.3, -0.25) is 10.1 Å². The minimum Gasteiger partial charge on any atom is -0.373 e. The monoisotopic (exact) mass is 265 g/mol. The van der Waals surface area contributed by atoms with Crippen molar-refractivity contribution >= 4 is 11.4 Å². The van der Waals surface area contributed by atoms with Crippen LogP contribution in [-0.2, 0) is 0 Å². The molecule has 0 aromatic heterocycles. The topological polar surface area (TPSA) is 81.2 Å². The van der Waals surface area contributed by atoms with Crippen molar-refractivity contribution in [3.63, 3.8) is 0 Å². The molecule has 106 valence electrons. The summed E-state index contributed by atoms with van der Waals surface area (Å²) in [5.74, 6) is 0.463. The highest BCUT2D eigenvalue weighted by molar-refractivity contribution is 5.63. The van der Waals surface area contributed by atoms with Crippen LogP contribution in [0.2, 0.25) is 0 Å². The van der Waals surface area contributed by atoms with Gasteiger partial charge in [-0.1, -0.05) is 19.9 Å². The van der Waals surface area contributed by atoms with Gasteiger partial charge < -0.3 is 11.1 Å². The minimum atomic E-state index is -0.359. The number of nitro groups is 1. The van der Waals surface area contributed by atoms with Crippen molar-refractivity contribution in [2.24, 2.45) is 11.7 Å². The molecule has 0 amide bonds. The van der Waals surface area contributed by atoms with Crippen LogP contribution in [0.25, 0.3) is 0 Å². The van der Waals surface area contributed by atoms with Crippen LogP contribution in [0, 0.1) is 23.0 Å². The van der Waals surface area contributed by atoms with E-state index in [0.717, 1.165) is 12.0 Å². The number of benzene rings is 1. The Labute approximate surface area is 114 Å². The van der Waals surface area contributed by atoms with Gasteiger partial charge in [-0.15, -0.1) is 0 Å². The Balaban J connectivity index is 3.06. The number of hydrogen-bond donors (Lipinski definition) is 2. The van der Waals surface area contributed by atoms with E-state index in [9.17, 15) is 10.1 Å². The molecular formula is C14H23N3O2. The first kappa shape index (κ1) is 15.4. The lowest BCUT2D eigenvalue weighted by molar-refractivity contribution is -0.384. The quantitative estimate of drug-likeness (QED) is 0.611. The van der Waals surface area contributed by atoms with E-state index in [2.05, 4.69) is 19.2 Å². The zero-order chi connectivity index (χ0) is 14.6. The molecule has 0 spiro atoms. The normalized spacial score (nSPS) is 14.2. The predicted molar refractivity (Wildman–Crippen MR) is 78.4 cm³/mol. The molecule has 19 heavy (non-hydrogen) atoms. The zero-order valence-electron chi connectivity index (χ0n) is 12.1. The van der Waals surface area contributed by atoms with Crippen molar-refractivity contribution < 1.29 is 4.92 Å². The molecule has 1 atom stereocenters. The Morgan fingerprint density at radius 3 is 2.58 bits per heavy atom. The molecule has 1 aromatic carbocycles. The van der Waals surface area contributed by atoms with Crippen molar-refractivity contribution in [2.75, 3.05) is 11.9 Å². The molecule has 0 heterocycles. The van der Waals surface area contributed by atoms with Crippen molar-refractivity contribution in [3.05, 3.63) is 33.9 Å². The van der Waals surface area contributed by atoms with Crippen molar-refractivity contribution in [3.8, 4) is 0 Å². The first-order valence-corrected chi connectivity index (χ1v) is 6.51. The molecule has 0 aliphatic carbocycles. The third-order valence-corrected chi connectivity index (χ3v) is 3.10. The first-order chi connectivity index (χ1) is 8.77. The summed E-state index contributed by atoms with van der Waals surface area (Å²) in [7, 11) is 0. The summed E-state index contributed by atoms with van der Waals surface area (Å²) in [5, 5.41) is 14.4. The number of anilines is 1. The third-order valence-electron chi connectivity index (χ3n) is 3.10. The molecule has 3 N–H and O–H groups in total. The lowest BCUT2D eigenvalue weighted by Gasteiger charge is -2.32. The van der Waals surface area contributed by atoms with Gasteiger partial charge in [-0.05, 0) is 37.8 Å². The SMILES string of the molecule is Cc1ccc(NC(C)(CN)CC(C)C)c([N+](=O)[O-])c1. The number of nitrogens with zero attached hydrogens (tertiary/aromatic N) is 1. The molecule has 1 rings (SSSR count). The number of nitrogens with one attached hydrogen (secondary N) is 1. The van der Waals surface area contributed by atoms with Crippen molar-refractivity contribution in [1.29, 1.82) is 0 Å². The minimum absolute atomic E-state index is 0.100. The summed E-state index contributed by atoms with van der Waals surface area (Å²) in [5.41, 5.74) is 6.99. The van der Waals surface area contributed by atoms with Gasteiger partial charge in [0.25, 0.3) is 5.69 Å². The van der Waals surface area contributed by atoms with Gasteiger partial charge in [-0.2, -0.15) is 0 Å². The van der Waals surface area contributed by atoms with E-state index in [4.69, 9.17) is 5.73 Å². The standard InChI is InChI=1S/C14H23N3O2/c1-10(2)8-14(4,9-15)16-12-6-5-11(3)7-13(12)17(18)19/h5-7,10,16H,8-9,15H2,1-4H3. The Hall–Kier alpha value is -1.62. The smallest absolute Gasteiger partial charge is 0.292 e. The molecule has 0 fully saturated rings. The molecule has 0 bridgehead atoms. The van der Waals surface area contributed by atoms with E-state index in [0.29, 0.717) is 18.2 Å². The maximum atomic E-state index is 11.1. The Kier molecular flexibility index (Phi) is 4.89. The number of nitrogens with two attached hydrogens (primary N) is 1. The molecular weight excluding hydrogens is 242 g/mol. The summed E-state index contributed by atoms with van der Waals surface area (Å²) < 4.78 is 0. The highest BCUT2D eigenvalue weighted by atomic mass is 16.6. The summed E-state index contributed by atoms with van der Waals surface area (Å²) in [4.78, 5) is 10.7. The van der Waals surface area contributed by atoms with E-state index in [-0.39, 0.29) is 16.1 Å². The van der Waals surface area contributed by atoms with Crippen LogP contribution in [0.1, 0.15) is 32.8 Å². The fraction of sp³-hybridized carbons (Fsp3) is 0.571. The van der Waals surface area contributed by atoms with E-state index in [1.54, 1.807) is 12.1 Å². The van der Waals surface area contributed by atoms with Gasteiger partial charge in [0.15, 0.2) is 0 Å².